The van der Waals surface area contributed by atoms with E-state index in [1.807, 2.05) is 25.1 Å². The Hall–Kier alpha value is -2.59. The van der Waals surface area contributed by atoms with Crippen LogP contribution in [0.4, 0.5) is 5.82 Å². The summed E-state index contributed by atoms with van der Waals surface area (Å²) in [5.41, 5.74) is 12.4. The number of anilines is 1. The van der Waals surface area contributed by atoms with Gasteiger partial charge < -0.3 is 10.5 Å². The van der Waals surface area contributed by atoms with Gasteiger partial charge in [0.25, 0.3) is 0 Å². The lowest BCUT2D eigenvalue weighted by Crippen LogP contribution is -2.00. The molecule has 0 saturated carbocycles. The molecule has 4 nitrogen and oxygen atoms in total. The van der Waals surface area contributed by atoms with E-state index in [1.54, 1.807) is 7.11 Å². The molecular weight excluding hydrogens is 334 g/mol. The van der Waals surface area contributed by atoms with Crippen molar-refractivity contribution in [3.63, 3.8) is 0 Å². The molecule has 0 atom stereocenters. The highest BCUT2D eigenvalue weighted by molar-refractivity contribution is 6.29. The second-order valence-electron chi connectivity index (χ2n) is 5.95. The highest BCUT2D eigenvalue weighted by atomic mass is 35.5. The number of nitrogens with two attached hydrogens (primary N) is 1. The number of nitrogen functional groups attached to an aromatic ring is 1. The number of aryl methyl sites for hydroxylation is 2. The highest BCUT2D eigenvalue weighted by Crippen LogP contribution is 2.39. The fourth-order valence-corrected chi connectivity index (χ4v) is 3.47. The third-order valence-electron chi connectivity index (χ3n) is 4.22. The number of rotatable bonds is 3. The van der Waals surface area contributed by atoms with Crippen LogP contribution < -0.4 is 10.5 Å². The van der Waals surface area contributed by atoms with Crippen LogP contribution in [0.15, 0.2) is 30.3 Å². The predicted molar refractivity (Wildman–Crippen MR) is 105 cm³/mol. The number of fused-ring (bicyclic) bond motifs is 1. The van der Waals surface area contributed by atoms with Crippen molar-refractivity contribution >= 4 is 34.4 Å². The molecule has 25 heavy (non-hydrogen) atoms. The van der Waals surface area contributed by atoms with Crippen LogP contribution in [0.2, 0.25) is 5.28 Å². The minimum absolute atomic E-state index is 0.125. The largest absolute Gasteiger partial charge is 0.496 e. The molecule has 0 spiro atoms. The number of benzene rings is 2. The molecule has 3 aromatic rings. The van der Waals surface area contributed by atoms with Gasteiger partial charge in [-0.25, -0.2) is 9.97 Å². The van der Waals surface area contributed by atoms with E-state index < -0.39 is 0 Å². The van der Waals surface area contributed by atoms with E-state index in [2.05, 4.69) is 42.0 Å². The molecule has 0 fully saturated rings. The Morgan fingerprint density at radius 3 is 2.40 bits per heavy atom. The first kappa shape index (κ1) is 17.2. The Bertz CT molecular complexity index is 973. The van der Waals surface area contributed by atoms with Crippen LogP contribution in [0.3, 0.4) is 0 Å². The van der Waals surface area contributed by atoms with Gasteiger partial charge >= 0.3 is 0 Å². The van der Waals surface area contributed by atoms with Crippen LogP contribution in [0.25, 0.3) is 28.1 Å². The van der Waals surface area contributed by atoms with Crippen LogP contribution in [0, 0.1) is 13.8 Å². The second-order valence-corrected chi connectivity index (χ2v) is 6.28. The number of ether oxygens (including phenoxy) is 1. The summed E-state index contributed by atoms with van der Waals surface area (Å²) in [6, 6.07) is 8.20. The maximum absolute atomic E-state index is 6.10. The van der Waals surface area contributed by atoms with Gasteiger partial charge in [-0.15, -0.1) is 0 Å². The van der Waals surface area contributed by atoms with Crippen LogP contribution in [-0.2, 0) is 0 Å². The van der Waals surface area contributed by atoms with Crippen molar-refractivity contribution in [1.29, 1.82) is 0 Å². The molecule has 0 bridgehead atoms. The van der Waals surface area contributed by atoms with Gasteiger partial charge in [0.1, 0.15) is 11.6 Å². The van der Waals surface area contributed by atoms with Crippen molar-refractivity contribution in [1.82, 2.24) is 9.97 Å². The van der Waals surface area contributed by atoms with Crippen LogP contribution in [-0.4, -0.2) is 17.1 Å². The summed E-state index contributed by atoms with van der Waals surface area (Å²) in [5, 5.41) is 0.807. The summed E-state index contributed by atoms with van der Waals surface area (Å²) in [6.45, 7) is 6.20. The smallest absolute Gasteiger partial charge is 0.224 e. The third-order valence-corrected chi connectivity index (χ3v) is 4.39. The monoisotopic (exact) mass is 353 g/mol. The molecule has 1 heterocycles. The van der Waals surface area contributed by atoms with E-state index in [1.165, 1.54) is 5.56 Å². The maximum atomic E-state index is 6.10. The Morgan fingerprint density at radius 2 is 1.80 bits per heavy atom. The SMILES string of the molecule is C/C=C/c1cc(C)c(-c2ccc(OC)c3c(N)nc(Cl)nc23)c(C)c1. The average molecular weight is 354 g/mol. The maximum Gasteiger partial charge on any atom is 0.224 e. The molecule has 2 N–H and O–H groups in total. The van der Waals surface area contributed by atoms with Crippen molar-refractivity contribution < 1.29 is 4.74 Å². The zero-order chi connectivity index (χ0) is 18.1. The van der Waals surface area contributed by atoms with Crippen molar-refractivity contribution in [3.8, 4) is 16.9 Å². The molecule has 0 aliphatic heterocycles. The zero-order valence-electron chi connectivity index (χ0n) is 14.7. The third kappa shape index (κ3) is 3.05. The van der Waals surface area contributed by atoms with Gasteiger partial charge in [0.2, 0.25) is 5.28 Å². The van der Waals surface area contributed by atoms with Crippen LogP contribution in [0.5, 0.6) is 5.75 Å². The highest BCUT2D eigenvalue weighted by Gasteiger charge is 2.17. The van der Waals surface area contributed by atoms with Gasteiger partial charge in [0.05, 0.1) is 18.0 Å². The topological polar surface area (TPSA) is 61.0 Å². The molecule has 128 valence electrons. The van der Waals surface area contributed by atoms with E-state index in [9.17, 15) is 0 Å². The lowest BCUT2D eigenvalue weighted by molar-refractivity contribution is 0.420. The summed E-state index contributed by atoms with van der Waals surface area (Å²) < 4.78 is 5.44. The summed E-state index contributed by atoms with van der Waals surface area (Å²) in [5.74, 6) is 0.948. The molecule has 0 aliphatic rings. The Labute approximate surface area is 152 Å². The van der Waals surface area contributed by atoms with Crippen LogP contribution in [0.1, 0.15) is 23.6 Å². The number of nitrogens with zero attached hydrogens (tertiary/aromatic N) is 2. The summed E-state index contributed by atoms with van der Waals surface area (Å²) in [4.78, 5) is 8.51. The quantitative estimate of drug-likeness (QED) is 0.658. The Morgan fingerprint density at radius 1 is 1.12 bits per heavy atom. The van der Waals surface area contributed by atoms with Crippen molar-refractivity contribution in [2.45, 2.75) is 20.8 Å². The summed E-state index contributed by atoms with van der Waals surface area (Å²) >= 11 is 6.07. The first-order valence-corrected chi connectivity index (χ1v) is 8.38. The normalized spacial score (nSPS) is 11.4. The molecule has 0 amide bonds. The summed E-state index contributed by atoms with van der Waals surface area (Å²) in [7, 11) is 1.60. The van der Waals surface area contributed by atoms with Gasteiger partial charge in [-0.05, 0) is 66.8 Å². The number of hydrogen-bond acceptors (Lipinski definition) is 4. The fourth-order valence-electron chi connectivity index (χ4n) is 3.29. The second kappa shape index (κ2) is 6.73. The molecular formula is C20H20ClN3O. The lowest BCUT2D eigenvalue weighted by atomic mass is 9.92. The first-order valence-electron chi connectivity index (χ1n) is 8.00. The molecule has 0 radical (unpaired) electrons. The van der Waals surface area contributed by atoms with E-state index in [-0.39, 0.29) is 5.28 Å². The van der Waals surface area contributed by atoms with E-state index in [0.717, 1.165) is 22.3 Å². The molecule has 1 aromatic heterocycles. The van der Waals surface area contributed by atoms with Gasteiger partial charge in [-0.2, -0.15) is 0 Å². The number of hydrogen-bond donors (Lipinski definition) is 1. The number of allylic oxidation sites excluding steroid dienone is 1. The van der Waals surface area contributed by atoms with Crippen LogP contribution >= 0.6 is 11.6 Å². The molecule has 5 heteroatoms. The molecule has 2 aromatic carbocycles. The minimum atomic E-state index is 0.125. The molecule has 0 aliphatic carbocycles. The molecule has 0 saturated heterocycles. The number of halogens is 1. The van der Waals surface area contributed by atoms with Gasteiger partial charge in [0, 0.05) is 5.56 Å². The average Bonchev–Trinajstić information content (AvgIpc) is 2.54. The fraction of sp³-hybridized carbons (Fsp3) is 0.200. The Kier molecular flexibility index (Phi) is 4.64. The first-order chi connectivity index (χ1) is 12.0. The Balaban J connectivity index is 2.38. The standard InChI is InChI=1S/C20H20ClN3O/c1-5-6-13-9-11(2)16(12(3)10-13)14-7-8-15(25-4)17-18(14)23-20(21)24-19(17)22/h5-10H,1-4H3,(H2,22,23,24)/b6-5+. The van der Waals surface area contributed by atoms with E-state index in [4.69, 9.17) is 22.1 Å². The summed E-state index contributed by atoms with van der Waals surface area (Å²) in [6.07, 6.45) is 4.12. The lowest BCUT2D eigenvalue weighted by Gasteiger charge is -2.16. The van der Waals surface area contributed by atoms with E-state index in [0.29, 0.717) is 22.5 Å². The zero-order valence-corrected chi connectivity index (χ0v) is 15.5. The van der Waals surface area contributed by atoms with E-state index >= 15 is 0 Å². The molecule has 0 unspecified atom stereocenters. The van der Waals surface area contributed by atoms with Crippen molar-refractivity contribution in [3.05, 3.63) is 52.3 Å². The number of aromatic nitrogens is 2. The minimum Gasteiger partial charge on any atom is -0.496 e. The van der Waals surface area contributed by atoms with Gasteiger partial charge in [0.15, 0.2) is 0 Å². The molecule has 3 rings (SSSR count). The number of methoxy groups -OCH3 is 1. The van der Waals surface area contributed by atoms with Gasteiger partial charge in [-0.1, -0.05) is 24.3 Å². The van der Waals surface area contributed by atoms with Crippen molar-refractivity contribution in [2.75, 3.05) is 12.8 Å². The predicted octanol–water partition coefficient (Wildman–Crippen LogP) is 5.19. The van der Waals surface area contributed by atoms with Gasteiger partial charge in [-0.3, -0.25) is 0 Å². The van der Waals surface area contributed by atoms with Crippen molar-refractivity contribution in [2.24, 2.45) is 0 Å².